The molecule has 33 heavy (non-hydrogen) atoms. The van der Waals surface area contributed by atoms with Crippen LogP contribution in [0.1, 0.15) is 35.2 Å². The molecule has 1 aromatic heterocycles. The average molecular weight is 446 g/mol. The molecular formula is C26H31N5O2. The Kier molecular flexibility index (Phi) is 8.55. The van der Waals surface area contributed by atoms with Gasteiger partial charge < -0.3 is 20.3 Å². The summed E-state index contributed by atoms with van der Waals surface area (Å²) < 4.78 is 5.62. The van der Waals surface area contributed by atoms with E-state index in [9.17, 15) is 4.79 Å². The molecule has 0 aliphatic carbocycles. The number of hydrogen-bond donors (Lipinski definition) is 2. The van der Waals surface area contributed by atoms with Gasteiger partial charge in [0.1, 0.15) is 5.75 Å². The van der Waals surface area contributed by atoms with Crippen molar-refractivity contribution in [3.63, 3.8) is 0 Å². The Hall–Kier alpha value is -3.71. The molecule has 0 saturated heterocycles. The van der Waals surface area contributed by atoms with Gasteiger partial charge in [-0.2, -0.15) is 0 Å². The monoisotopic (exact) mass is 445 g/mol. The summed E-state index contributed by atoms with van der Waals surface area (Å²) in [6.07, 6.45) is 5.51. The first-order chi connectivity index (χ1) is 16.0. The predicted molar refractivity (Wildman–Crippen MR) is 134 cm³/mol. The smallest absolute Gasteiger partial charge is 0.253 e. The van der Waals surface area contributed by atoms with Crippen LogP contribution in [0.15, 0.2) is 72.0 Å². The van der Waals surface area contributed by atoms with Crippen molar-refractivity contribution in [1.82, 2.24) is 15.6 Å². The van der Waals surface area contributed by atoms with Gasteiger partial charge in [0.2, 0.25) is 0 Å². The second-order valence-corrected chi connectivity index (χ2v) is 7.76. The summed E-state index contributed by atoms with van der Waals surface area (Å²) in [6, 6.07) is 18.1. The molecule has 2 N–H and O–H groups in total. The third-order valence-corrected chi connectivity index (χ3v) is 5.55. The van der Waals surface area contributed by atoms with Gasteiger partial charge in [-0.25, -0.2) is 4.99 Å². The first-order valence-electron chi connectivity index (χ1n) is 11.0. The van der Waals surface area contributed by atoms with E-state index >= 15 is 0 Å². The van der Waals surface area contributed by atoms with Crippen LogP contribution >= 0.6 is 0 Å². The number of pyridine rings is 1. The second kappa shape index (κ2) is 11.8. The lowest BCUT2D eigenvalue weighted by Crippen LogP contribution is -2.17. The molecule has 1 unspecified atom stereocenters. The Bertz CT molecular complexity index is 1060. The van der Waals surface area contributed by atoms with Crippen LogP contribution in [0.25, 0.3) is 0 Å². The number of aliphatic imine (C=N–C) groups is 1. The van der Waals surface area contributed by atoms with Crippen LogP contribution in [0.3, 0.4) is 0 Å². The molecule has 2 aromatic carbocycles. The van der Waals surface area contributed by atoms with E-state index in [1.807, 2.05) is 38.4 Å². The van der Waals surface area contributed by atoms with Crippen molar-refractivity contribution in [3.8, 4) is 5.75 Å². The van der Waals surface area contributed by atoms with Crippen molar-refractivity contribution in [2.24, 2.45) is 4.99 Å². The van der Waals surface area contributed by atoms with E-state index in [1.54, 1.807) is 19.3 Å². The fourth-order valence-electron chi connectivity index (χ4n) is 3.41. The van der Waals surface area contributed by atoms with E-state index in [1.165, 1.54) is 18.2 Å². The maximum Gasteiger partial charge on any atom is 0.253 e. The molecule has 1 amide bonds. The van der Waals surface area contributed by atoms with E-state index in [4.69, 9.17) is 4.74 Å². The highest BCUT2D eigenvalue weighted by atomic mass is 16.5. The number of rotatable bonds is 10. The minimum atomic E-state index is -0.225. The molecule has 7 nitrogen and oxygen atoms in total. The standard InChI is InChI=1S/C26H31N5O2/c1-19(13-15-27-2)20-5-7-21(8-6-20)31(4)22-9-11-23(12-10-22)33-18-30-25-17-29-16-14-24(25)26(32)28-3/h5-12,14,16-19,27H,13,15H2,1-4H3,(H,28,32). The van der Waals surface area contributed by atoms with Crippen LogP contribution in [0.2, 0.25) is 0 Å². The van der Waals surface area contributed by atoms with Gasteiger partial charge in [-0.05, 0) is 74.0 Å². The van der Waals surface area contributed by atoms with Crippen molar-refractivity contribution in [2.45, 2.75) is 19.3 Å². The zero-order valence-corrected chi connectivity index (χ0v) is 19.6. The van der Waals surface area contributed by atoms with Crippen LogP contribution in [0, 0.1) is 0 Å². The lowest BCUT2D eigenvalue weighted by Gasteiger charge is -2.21. The van der Waals surface area contributed by atoms with Gasteiger partial charge in [0.25, 0.3) is 5.91 Å². The number of carbonyl (C=O) groups excluding carboxylic acids is 1. The molecule has 0 radical (unpaired) electrons. The summed E-state index contributed by atoms with van der Waals surface area (Å²) in [5.74, 6) is 0.946. The second-order valence-electron chi connectivity index (χ2n) is 7.76. The number of amides is 1. The molecule has 7 heteroatoms. The number of hydrogen-bond acceptors (Lipinski definition) is 6. The molecule has 0 fully saturated rings. The number of aromatic nitrogens is 1. The van der Waals surface area contributed by atoms with Gasteiger partial charge in [-0.3, -0.25) is 9.78 Å². The summed E-state index contributed by atoms with van der Waals surface area (Å²) in [4.78, 5) is 22.3. The minimum Gasteiger partial charge on any atom is -0.446 e. The molecule has 3 rings (SSSR count). The van der Waals surface area contributed by atoms with Gasteiger partial charge >= 0.3 is 0 Å². The summed E-state index contributed by atoms with van der Waals surface area (Å²) >= 11 is 0. The third-order valence-electron chi connectivity index (χ3n) is 5.55. The Morgan fingerprint density at radius 2 is 1.76 bits per heavy atom. The van der Waals surface area contributed by atoms with E-state index in [-0.39, 0.29) is 5.91 Å². The number of ether oxygens (including phenoxy) is 1. The summed E-state index contributed by atoms with van der Waals surface area (Å²) in [5, 5.41) is 5.80. The Morgan fingerprint density at radius 3 is 2.39 bits per heavy atom. The van der Waals surface area contributed by atoms with Gasteiger partial charge in [-0.15, -0.1) is 0 Å². The highest BCUT2D eigenvalue weighted by molar-refractivity contribution is 5.98. The summed E-state index contributed by atoms with van der Waals surface area (Å²) in [7, 11) is 5.60. The number of nitrogens with one attached hydrogen (secondary N) is 2. The lowest BCUT2D eigenvalue weighted by molar-refractivity contribution is 0.0963. The Morgan fingerprint density at radius 1 is 1.09 bits per heavy atom. The molecule has 0 aliphatic rings. The van der Waals surface area contributed by atoms with Crippen LogP contribution in [0.5, 0.6) is 5.75 Å². The third kappa shape index (κ3) is 6.40. The van der Waals surface area contributed by atoms with Crippen LogP contribution in [0.4, 0.5) is 17.1 Å². The molecule has 0 bridgehead atoms. The van der Waals surface area contributed by atoms with Crippen molar-refractivity contribution in [3.05, 3.63) is 78.1 Å². The first-order valence-corrected chi connectivity index (χ1v) is 11.0. The maximum absolute atomic E-state index is 11.9. The Labute approximate surface area is 195 Å². The lowest BCUT2D eigenvalue weighted by atomic mass is 9.97. The van der Waals surface area contributed by atoms with Gasteiger partial charge in [0.15, 0.2) is 6.40 Å². The SMILES string of the molecule is CNCCC(C)c1ccc(N(C)c2ccc(OC=Nc3cnccc3C(=O)NC)cc2)cc1. The highest BCUT2D eigenvalue weighted by Gasteiger charge is 2.09. The largest absolute Gasteiger partial charge is 0.446 e. The highest BCUT2D eigenvalue weighted by Crippen LogP contribution is 2.28. The molecule has 1 atom stereocenters. The van der Waals surface area contributed by atoms with Gasteiger partial charge in [0.05, 0.1) is 17.4 Å². The summed E-state index contributed by atoms with van der Waals surface area (Å²) in [5.41, 5.74) is 4.39. The van der Waals surface area contributed by atoms with Gasteiger partial charge in [-0.1, -0.05) is 19.1 Å². The molecule has 1 heterocycles. The Balaban J connectivity index is 1.62. The molecule has 0 spiro atoms. The molecular weight excluding hydrogens is 414 g/mol. The van der Waals surface area contributed by atoms with Crippen molar-refractivity contribution >= 4 is 29.4 Å². The summed E-state index contributed by atoms with van der Waals surface area (Å²) in [6.45, 7) is 3.27. The topological polar surface area (TPSA) is 78.8 Å². The minimum absolute atomic E-state index is 0.225. The fourth-order valence-corrected chi connectivity index (χ4v) is 3.41. The predicted octanol–water partition coefficient (Wildman–Crippen LogP) is 4.66. The molecule has 172 valence electrons. The quantitative estimate of drug-likeness (QED) is 0.350. The molecule has 0 aliphatic heterocycles. The molecule has 0 saturated carbocycles. The number of carbonyl (C=O) groups is 1. The molecule has 3 aromatic rings. The fraction of sp³-hybridized carbons (Fsp3) is 0.269. The normalized spacial score (nSPS) is 11.9. The van der Waals surface area contributed by atoms with E-state index < -0.39 is 0 Å². The average Bonchev–Trinajstić information content (AvgIpc) is 2.87. The number of benzene rings is 2. The van der Waals surface area contributed by atoms with Crippen LogP contribution < -0.4 is 20.3 Å². The van der Waals surface area contributed by atoms with Crippen LogP contribution in [-0.2, 0) is 0 Å². The number of anilines is 2. The van der Waals surface area contributed by atoms with E-state index in [2.05, 4.69) is 56.7 Å². The van der Waals surface area contributed by atoms with Crippen LogP contribution in [-0.4, -0.2) is 45.0 Å². The maximum atomic E-state index is 11.9. The van der Waals surface area contributed by atoms with Crippen molar-refractivity contribution < 1.29 is 9.53 Å². The van der Waals surface area contributed by atoms with Gasteiger partial charge in [0, 0.05) is 31.7 Å². The zero-order chi connectivity index (χ0) is 23.6. The first kappa shape index (κ1) is 23.9. The van der Waals surface area contributed by atoms with E-state index in [0.29, 0.717) is 22.9 Å². The zero-order valence-electron chi connectivity index (χ0n) is 19.6. The number of nitrogens with zero attached hydrogens (tertiary/aromatic N) is 3. The van der Waals surface area contributed by atoms with Crippen molar-refractivity contribution in [1.29, 1.82) is 0 Å². The van der Waals surface area contributed by atoms with E-state index in [0.717, 1.165) is 24.3 Å². The van der Waals surface area contributed by atoms with Crippen molar-refractivity contribution in [2.75, 3.05) is 32.6 Å².